The van der Waals surface area contributed by atoms with Crippen LogP contribution in [0.25, 0.3) is 0 Å². The fraction of sp³-hybridized carbons (Fsp3) is 0.467. The van der Waals surface area contributed by atoms with Crippen LogP contribution >= 0.6 is 11.3 Å². The van der Waals surface area contributed by atoms with E-state index < -0.39 is 0 Å². The van der Waals surface area contributed by atoms with Gasteiger partial charge in [0.2, 0.25) is 0 Å². The minimum atomic E-state index is -0.0293. The Morgan fingerprint density at radius 2 is 2.35 bits per heavy atom. The van der Waals surface area contributed by atoms with Gasteiger partial charge in [0.1, 0.15) is 11.5 Å². The molecule has 1 saturated heterocycles. The van der Waals surface area contributed by atoms with Crippen LogP contribution in [0.15, 0.2) is 23.3 Å². The summed E-state index contributed by atoms with van der Waals surface area (Å²) in [6, 6.07) is 0. The molecule has 122 valence electrons. The Bertz CT molecular complexity index is 632. The van der Waals surface area contributed by atoms with Crippen molar-refractivity contribution < 1.29 is 9.53 Å². The highest BCUT2D eigenvalue weighted by Crippen LogP contribution is 2.15. The number of hydrogen-bond donors (Lipinski definition) is 1. The van der Waals surface area contributed by atoms with E-state index in [0.29, 0.717) is 32.0 Å². The number of carbonyl (C=O) groups excluding carboxylic acids is 1. The summed E-state index contributed by atoms with van der Waals surface area (Å²) < 4.78 is 5.65. The Morgan fingerprint density at radius 1 is 1.43 bits per heavy atom. The Morgan fingerprint density at radius 3 is 3.04 bits per heavy atom. The molecule has 0 radical (unpaired) electrons. The highest BCUT2D eigenvalue weighted by molar-refractivity contribution is 7.07. The van der Waals surface area contributed by atoms with Gasteiger partial charge in [-0.2, -0.15) is 0 Å². The third-order valence-electron chi connectivity index (χ3n) is 3.74. The van der Waals surface area contributed by atoms with Gasteiger partial charge in [0.05, 0.1) is 36.8 Å². The van der Waals surface area contributed by atoms with Crippen molar-refractivity contribution >= 4 is 23.1 Å². The van der Waals surface area contributed by atoms with Crippen LogP contribution < -0.4 is 5.32 Å². The lowest BCUT2D eigenvalue weighted by Gasteiger charge is -2.22. The van der Waals surface area contributed by atoms with Crippen molar-refractivity contribution in [3.8, 4) is 0 Å². The molecular weight excluding hydrogens is 314 g/mol. The number of carbonyl (C=O) groups is 1. The molecule has 1 amide bonds. The topological polar surface area (TPSA) is 80.2 Å². The van der Waals surface area contributed by atoms with E-state index in [-0.39, 0.29) is 11.8 Å². The van der Waals surface area contributed by atoms with E-state index in [0.717, 1.165) is 17.9 Å². The lowest BCUT2D eigenvalue weighted by molar-refractivity contribution is 0.0732. The van der Waals surface area contributed by atoms with E-state index in [4.69, 9.17) is 4.74 Å². The van der Waals surface area contributed by atoms with Gasteiger partial charge < -0.3 is 15.0 Å². The summed E-state index contributed by atoms with van der Waals surface area (Å²) in [6.45, 7) is 2.41. The summed E-state index contributed by atoms with van der Waals surface area (Å²) in [5.41, 5.74) is 3.09. The number of thiazole rings is 1. The Hall–Kier alpha value is -2.06. The molecule has 2 aromatic rings. The number of nitrogens with one attached hydrogen (secondary N) is 1. The van der Waals surface area contributed by atoms with Gasteiger partial charge >= 0.3 is 0 Å². The molecule has 1 aliphatic rings. The van der Waals surface area contributed by atoms with Crippen LogP contribution in [0.3, 0.4) is 0 Å². The quantitative estimate of drug-likeness (QED) is 0.908. The number of hydrogen-bond acceptors (Lipinski definition) is 7. The van der Waals surface area contributed by atoms with Crippen molar-refractivity contribution in [2.75, 3.05) is 38.7 Å². The smallest absolute Gasteiger partial charge is 0.273 e. The second kappa shape index (κ2) is 7.47. The number of amides is 1. The molecule has 3 rings (SSSR count). The number of aromatic nitrogens is 3. The number of rotatable bonds is 4. The third-order valence-corrected chi connectivity index (χ3v) is 4.32. The number of anilines is 1. The molecule has 0 saturated carbocycles. The molecule has 1 fully saturated rings. The van der Waals surface area contributed by atoms with E-state index in [1.54, 1.807) is 23.3 Å². The van der Waals surface area contributed by atoms with Crippen molar-refractivity contribution in [3.63, 3.8) is 0 Å². The minimum Gasteiger partial charge on any atom is -0.379 e. The molecule has 0 aromatic carbocycles. The first-order valence-corrected chi connectivity index (χ1v) is 8.44. The Labute approximate surface area is 138 Å². The maximum Gasteiger partial charge on any atom is 0.273 e. The molecule has 23 heavy (non-hydrogen) atoms. The second-order valence-electron chi connectivity index (χ2n) is 5.41. The summed E-state index contributed by atoms with van der Waals surface area (Å²) in [6.07, 6.45) is 4.21. The summed E-state index contributed by atoms with van der Waals surface area (Å²) >= 11 is 1.43. The maximum atomic E-state index is 12.5. The normalized spacial score (nSPS) is 18.5. The van der Waals surface area contributed by atoms with Gasteiger partial charge in [-0.25, -0.2) is 9.97 Å². The zero-order valence-corrected chi connectivity index (χ0v) is 13.8. The SMILES string of the molecule is CNc1cnc(C[C@@H]2COCCN(C(=O)c3cscn3)C2)cn1. The fourth-order valence-electron chi connectivity index (χ4n) is 2.55. The predicted molar refractivity (Wildman–Crippen MR) is 87.6 cm³/mol. The first-order chi connectivity index (χ1) is 11.3. The van der Waals surface area contributed by atoms with E-state index in [9.17, 15) is 4.79 Å². The van der Waals surface area contributed by atoms with Gasteiger partial charge in [-0.05, 0) is 6.42 Å². The van der Waals surface area contributed by atoms with Crippen LogP contribution in [0.4, 0.5) is 5.82 Å². The number of nitrogens with zero attached hydrogens (tertiary/aromatic N) is 4. The van der Waals surface area contributed by atoms with Gasteiger partial charge in [0.25, 0.3) is 5.91 Å². The summed E-state index contributed by atoms with van der Waals surface area (Å²) in [5.74, 6) is 0.916. The molecule has 0 aliphatic carbocycles. The van der Waals surface area contributed by atoms with Crippen LogP contribution in [0.1, 0.15) is 16.2 Å². The zero-order valence-electron chi connectivity index (χ0n) is 12.9. The molecule has 8 heteroatoms. The molecule has 3 heterocycles. The summed E-state index contributed by atoms with van der Waals surface area (Å²) in [5, 5.41) is 4.73. The molecule has 0 unspecified atom stereocenters. The highest BCUT2D eigenvalue weighted by atomic mass is 32.1. The molecule has 2 aromatic heterocycles. The molecule has 0 bridgehead atoms. The van der Waals surface area contributed by atoms with Crippen LogP contribution in [0.2, 0.25) is 0 Å². The van der Waals surface area contributed by atoms with E-state index >= 15 is 0 Å². The van der Waals surface area contributed by atoms with Crippen molar-refractivity contribution in [2.24, 2.45) is 5.92 Å². The van der Waals surface area contributed by atoms with Gasteiger partial charge in [0.15, 0.2) is 0 Å². The van der Waals surface area contributed by atoms with Crippen molar-refractivity contribution in [2.45, 2.75) is 6.42 Å². The van der Waals surface area contributed by atoms with Crippen LogP contribution in [0.5, 0.6) is 0 Å². The molecule has 0 spiro atoms. The lowest BCUT2D eigenvalue weighted by atomic mass is 10.0. The fourth-order valence-corrected chi connectivity index (χ4v) is 3.08. The Balaban J connectivity index is 1.65. The average Bonchev–Trinajstić information content (AvgIpc) is 3.02. The van der Waals surface area contributed by atoms with Gasteiger partial charge in [0, 0.05) is 31.4 Å². The minimum absolute atomic E-state index is 0.0293. The van der Waals surface area contributed by atoms with Crippen LogP contribution in [0, 0.1) is 5.92 Å². The summed E-state index contributed by atoms with van der Waals surface area (Å²) in [7, 11) is 1.81. The maximum absolute atomic E-state index is 12.5. The molecule has 7 nitrogen and oxygen atoms in total. The van der Waals surface area contributed by atoms with Crippen molar-refractivity contribution in [1.29, 1.82) is 0 Å². The van der Waals surface area contributed by atoms with Crippen molar-refractivity contribution in [3.05, 3.63) is 34.7 Å². The third kappa shape index (κ3) is 4.02. The Kier molecular flexibility index (Phi) is 5.14. The van der Waals surface area contributed by atoms with Gasteiger partial charge in [-0.1, -0.05) is 0 Å². The van der Waals surface area contributed by atoms with Crippen molar-refractivity contribution in [1.82, 2.24) is 19.9 Å². The van der Waals surface area contributed by atoms with E-state index in [1.807, 2.05) is 11.9 Å². The van der Waals surface area contributed by atoms with Gasteiger partial charge in [-0.15, -0.1) is 11.3 Å². The van der Waals surface area contributed by atoms with E-state index in [1.165, 1.54) is 11.3 Å². The monoisotopic (exact) mass is 333 g/mol. The zero-order chi connectivity index (χ0) is 16.1. The molecule has 1 atom stereocenters. The standard InChI is InChI=1S/C15H19N5O2S/c1-16-14-6-17-12(5-18-14)4-11-7-20(2-3-22-8-11)15(21)13-9-23-10-19-13/h5-6,9-11H,2-4,7-8H2,1H3,(H,16,18)/t11-/m0/s1. The molecule has 1 N–H and O–H groups in total. The number of ether oxygens (including phenoxy) is 1. The molecule has 1 aliphatic heterocycles. The highest BCUT2D eigenvalue weighted by Gasteiger charge is 2.24. The average molecular weight is 333 g/mol. The van der Waals surface area contributed by atoms with Gasteiger partial charge in [-0.3, -0.25) is 9.78 Å². The first kappa shape index (κ1) is 15.8. The van der Waals surface area contributed by atoms with E-state index in [2.05, 4.69) is 20.3 Å². The predicted octanol–water partition coefficient (Wildman–Crippen LogP) is 1.31. The first-order valence-electron chi connectivity index (χ1n) is 7.50. The second-order valence-corrected chi connectivity index (χ2v) is 6.13. The summed E-state index contributed by atoms with van der Waals surface area (Å²) in [4.78, 5) is 27.1. The molecular formula is C15H19N5O2S. The largest absolute Gasteiger partial charge is 0.379 e. The van der Waals surface area contributed by atoms with Crippen LogP contribution in [-0.2, 0) is 11.2 Å². The van der Waals surface area contributed by atoms with Crippen LogP contribution in [-0.4, -0.2) is 59.1 Å². The lowest BCUT2D eigenvalue weighted by Crippen LogP contribution is -2.36.